The molecule has 2 aliphatic carbocycles. The largest absolute Gasteiger partial charge is 0.324 e. The summed E-state index contributed by atoms with van der Waals surface area (Å²) in [6, 6.07) is 0. The number of nitrogens with zero attached hydrogens (tertiary/aromatic N) is 1. The SMILES string of the molecule is CS(=O)CCN1C(=O)C2(CCCC2)NC1C1CCCC1. The smallest absolute Gasteiger partial charge is 0.244 e. The van der Waals surface area contributed by atoms with E-state index in [1.807, 2.05) is 4.90 Å². The van der Waals surface area contributed by atoms with E-state index >= 15 is 0 Å². The Kier molecular flexibility index (Phi) is 4.18. The molecule has 0 bridgehead atoms. The van der Waals surface area contributed by atoms with Crippen LogP contribution in [0.4, 0.5) is 0 Å². The summed E-state index contributed by atoms with van der Waals surface area (Å²) in [6.07, 6.45) is 11.2. The lowest BCUT2D eigenvalue weighted by Crippen LogP contribution is -2.46. The Balaban J connectivity index is 1.78. The number of hydrogen-bond donors (Lipinski definition) is 1. The van der Waals surface area contributed by atoms with Crippen LogP contribution in [-0.2, 0) is 15.6 Å². The number of rotatable bonds is 4. The van der Waals surface area contributed by atoms with E-state index in [1.54, 1.807) is 6.26 Å². The highest BCUT2D eigenvalue weighted by atomic mass is 32.2. The van der Waals surface area contributed by atoms with E-state index in [4.69, 9.17) is 0 Å². The van der Waals surface area contributed by atoms with Gasteiger partial charge in [-0.1, -0.05) is 25.7 Å². The number of nitrogens with one attached hydrogen (secondary N) is 1. The fraction of sp³-hybridized carbons (Fsp3) is 0.933. The van der Waals surface area contributed by atoms with E-state index in [1.165, 1.54) is 25.7 Å². The topological polar surface area (TPSA) is 49.4 Å². The van der Waals surface area contributed by atoms with E-state index < -0.39 is 10.8 Å². The molecule has 0 aromatic heterocycles. The third-order valence-electron chi connectivity index (χ3n) is 5.35. The molecule has 1 saturated heterocycles. The van der Waals surface area contributed by atoms with Crippen LogP contribution in [0, 0.1) is 5.92 Å². The van der Waals surface area contributed by atoms with Crippen molar-refractivity contribution in [1.29, 1.82) is 0 Å². The van der Waals surface area contributed by atoms with Gasteiger partial charge in [-0.05, 0) is 31.6 Å². The first-order valence-electron chi connectivity index (χ1n) is 8.01. The summed E-state index contributed by atoms with van der Waals surface area (Å²) in [7, 11) is -0.828. The maximum Gasteiger partial charge on any atom is 0.244 e. The maximum absolute atomic E-state index is 12.9. The lowest BCUT2D eigenvalue weighted by molar-refractivity contribution is -0.133. The summed E-state index contributed by atoms with van der Waals surface area (Å²) in [5, 5.41) is 3.71. The molecule has 1 N–H and O–H groups in total. The van der Waals surface area contributed by atoms with Crippen molar-refractivity contribution in [2.75, 3.05) is 18.6 Å². The minimum Gasteiger partial charge on any atom is -0.324 e. The average molecular weight is 298 g/mol. The van der Waals surface area contributed by atoms with Crippen LogP contribution < -0.4 is 5.32 Å². The number of carbonyl (C=O) groups excluding carboxylic acids is 1. The molecule has 4 nitrogen and oxygen atoms in total. The van der Waals surface area contributed by atoms with Crippen LogP contribution in [0.3, 0.4) is 0 Å². The highest BCUT2D eigenvalue weighted by molar-refractivity contribution is 7.84. The molecule has 3 fully saturated rings. The molecule has 0 aromatic carbocycles. The molecule has 2 atom stereocenters. The molecular weight excluding hydrogens is 272 g/mol. The van der Waals surface area contributed by atoms with Gasteiger partial charge in [-0.2, -0.15) is 0 Å². The van der Waals surface area contributed by atoms with Gasteiger partial charge < -0.3 is 4.90 Å². The summed E-state index contributed by atoms with van der Waals surface area (Å²) in [5.74, 6) is 1.49. The Labute approximate surface area is 124 Å². The van der Waals surface area contributed by atoms with Crippen LogP contribution in [0.25, 0.3) is 0 Å². The van der Waals surface area contributed by atoms with Crippen molar-refractivity contribution >= 4 is 16.7 Å². The molecule has 1 amide bonds. The number of carbonyl (C=O) groups is 1. The lowest BCUT2D eigenvalue weighted by atomic mass is 9.97. The van der Waals surface area contributed by atoms with Crippen molar-refractivity contribution < 1.29 is 9.00 Å². The fourth-order valence-electron chi connectivity index (χ4n) is 4.27. The third kappa shape index (κ3) is 2.54. The van der Waals surface area contributed by atoms with Crippen molar-refractivity contribution in [1.82, 2.24) is 10.2 Å². The first kappa shape index (κ1) is 14.5. The quantitative estimate of drug-likeness (QED) is 0.858. The first-order valence-corrected chi connectivity index (χ1v) is 9.74. The normalized spacial score (nSPS) is 31.6. The minimum atomic E-state index is -0.828. The van der Waals surface area contributed by atoms with Crippen LogP contribution in [0.5, 0.6) is 0 Å². The fourth-order valence-corrected chi connectivity index (χ4v) is 4.73. The van der Waals surface area contributed by atoms with Gasteiger partial charge in [0.1, 0.15) is 0 Å². The molecule has 3 aliphatic rings. The molecule has 0 radical (unpaired) electrons. The first-order chi connectivity index (χ1) is 9.62. The Morgan fingerprint density at radius 1 is 1.25 bits per heavy atom. The van der Waals surface area contributed by atoms with Crippen LogP contribution in [0.2, 0.25) is 0 Å². The maximum atomic E-state index is 12.9. The zero-order valence-electron chi connectivity index (χ0n) is 12.4. The van der Waals surface area contributed by atoms with Gasteiger partial charge in [0.05, 0.1) is 11.7 Å². The van der Waals surface area contributed by atoms with Crippen molar-refractivity contribution in [3.05, 3.63) is 0 Å². The van der Waals surface area contributed by atoms with Gasteiger partial charge in [-0.25, -0.2) is 0 Å². The van der Waals surface area contributed by atoms with Crippen LogP contribution >= 0.6 is 0 Å². The number of hydrogen-bond acceptors (Lipinski definition) is 3. The molecule has 1 spiro atoms. The van der Waals surface area contributed by atoms with Gasteiger partial charge >= 0.3 is 0 Å². The third-order valence-corrected chi connectivity index (χ3v) is 6.11. The summed E-state index contributed by atoms with van der Waals surface area (Å²) in [6.45, 7) is 0.651. The van der Waals surface area contributed by atoms with Crippen molar-refractivity contribution in [3.8, 4) is 0 Å². The van der Waals surface area contributed by atoms with Crippen molar-refractivity contribution in [2.24, 2.45) is 5.92 Å². The summed E-state index contributed by atoms with van der Waals surface area (Å²) in [4.78, 5) is 14.9. The van der Waals surface area contributed by atoms with E-state index in [0.29, 0.717) is 18.2 Å². The van der Waals surface area contributed by atoms with Gasteiger partial charge in [0.15, 0.2) is 0 Å². The number of amides is 1. The van der Waals surface area contributed by atoms with Gasteiger partial charge in [-0.3, -0.25) is 14.3 Å². The molecule has 2 unspecified atom stereocenters. The predicted octanol–water partition coefficient (Wildman–Crippen LogP) is 1.63. The second-order valence-electron chi connectivity index (χ2n) is 6.70. The zero-order chi connectivity index (χ0) is 14.2. The highest BCUT2D eigenvalue weighted by Gasteiger charge is 2.53. The second kappa shape index (κ2) is 5.76. The van der Waals surface area contributed by atoms with E-state index in [0.717, 1.165) is 25.7 Å². The lowest BCUT2D eigenvalue weighted by Gasteiger charge is -2.28. The molecule has 20 heavy (non-hydrogen) atoms. The molecule has 5 heteroatoms. The standard InChI is InChI=1S/C15H26N2O2S/c1-20(19)11-10-17-13(12-6-2-3-7-12)16-15(14(17)18)8-4-5-9-15/h12-13,16H,2-11H2,1H3. The van der Waals surface area contributed by atoms with Crippen molar-refractivity contribution in [3.63, 3.8) is 0 Å². The highest BCUT2D eigenvalue weighted by Crippen LogP contribution is 2.40. The van der Waals surface area contributed by atoms with Crippen LogP contribution in [0.1, 0.15) is 51.4 Å². The average Bonchev–Trinajstić information content (AvgIpc) is 3.13. The molecule has 114 valence electrons. The molecule has 1 aliphatic heterocycles. The summed E-state index contributed by atoms with van der Waals surface area (Å²) in [5.41, 5.74) is -0.275. The van der Waals surface area contributed by atoms with Gasteiger partial charge in [0, 0.05) is 29.4 Å². The van der Waals surface area contributed by atoms with E-state index in [-0.39, 0.29) is 17.6 Å². The van der Waals surface area contributed by atoms with Crippen molar-refractivity contribution in [2.45, 2.75) is 63.1 Å². The Morgan fingerprint density at radius 2 is 1.90 bits per heavy atom. The monoisotopic (exact) mass is 298 g/mol. The van der Waals surface area contributed by atoms with Gasteiger partial charge in [0.25, 0.3) is 0 Å². The Morgan fingerprint density at radius 3 is 2.50 bits per heavy atom. The molecular formula is C15H26N2O2S. The van der Waals surface area contributed by atoms with Gasteiger partial charge in [0.2, 0.25) is 5.91 Å². The molecule has 0 aromatic rings. The Bertz CT molecular complexity index is 401. The molecule has 3 rings (SSSR count). The molecule has 1 heterocycles. The minimum absolute atomic E-state index is 0.201. The van der Waals surface area contributed by atoms with Gasteiger partial charge in [-0.15, -0.1) is 0 Å². The summed E-state index contributed by atoms with van der Waals surface area (Å²) >= 11 is 0. The van der Waals surface area contributed by atoms with Crippen LogP contribution in [-0.4, -0.2) is 45.3 Å². The molecule has 2 saturated carbocycles. The summed E-state index contributed by atoms with van der Waals surface area (Å²) < 4.78 is 11.4. The Hall–Kier alpha value is -0.420. The van der Waals surface area contributed by atoms with E-state index in [9.17, 15) is 9.00 Å². The second-order valence-corrected chi connectivity index (χ2v) is 8.25. The van der Waals surface area contributed by atoms with E-state index in [2.05, 4.69) is 5.32 Å². The zero-order valence-corrected chi connectivity index (χ0v) is 13.2. The predicted molar refractivity (Wildman–Crippen MR) is 80.7 cm³/mol. The van der Waals surface area contributed by atoms with Crippen LogP contribution in [0.15, 0.2) is 0 Å².